The number of nitrogens with zero attached hydrogens (tertiary/aromatic N) is 6. The molecule has 0 aliphatic heterocycles. The van der Waals surface area contributed by atoms with Gasteiger partial charge in [0.05, 0.1) is 30.1 Å². The molecule has 0 bridgehead atoms. The number of hydrogen-bond donors (Lipinski definition) is 3. The van der Waals surface area contributed by atoms with Crippen molar-refractivity contribution < 1.29 is 0 Å². The lowest BCUT2D eigenvalue weighted by atomic mass is 10.0. The molecule has 0 radical (unpaired) electrons. The average Bonchev–Trinajstić information content (AvgIpc) is 3.21. The number of aromatic nitrogens is 4. The van der Waals surface area contributed by atoms with Crippen molar-refractivity contribution in [3.8, 4) is 17.5 Å². The van der Waals surface area contributed by atoms with Crippen LogP contribution in [0.2, 0.25) is 5.02 Å². The van der Waals surface area contributed by atoms with E-state index in [0.29, 0.717) is 23.5 Å². The second kappa shape index (κ2) is 8.28. The minimum absolute atomic E-state index is 0.0755. The molecule has 9 nitrogen and oxygen atoms in total. The fraction of sp³-hybridized carbons (Fsp3) is 0.111. The van der Waals surface area contributed by atoms with Gasteiger partial charge in [-0.2, -0.15) is 15.5 Å². The maximum Gasteiger partial charge on any atom is 0.162 e. The van der Waals surface area contributed by atoms with Crippen LogP contribution in [0.4, 0.5) is 5.82 Å². The average molecular weight is 394 g/mol. The monoisotopic (exact) mass is 393 g/mol. The van der Waals surface area contributed by atoms with Crippen LogP contribution >= 0.6 is 11.6 Å². The van der Waals surface area contributed by atoms with E-state index in [-0.39, 0.29) is 22.2 Å². The van der Waals surface area contributed by atoms with Crippen molar-refractivity contribution in [2.45, 2.75) is 13.5 Å². The van der Waals surface area contributed by atoms with Crippen LogP contribution in [0.25, 0.3) is 11.4 Å². The zero-order chi connectivity index (χ0) is 20.1. The zero-order valence-corrected chi connectivity index (χ0v) is 15.6. The minimum Gasteiger partial charge on any atom is -0.382 e. The van der Waals surface area contributed by atoms with E-state index in [1.165, 1.54) is 6.21 Å². The van der Waals surface area contributed by atoms with Crippen LogP contribution in [-0.2, 0) is 6.54 Å². The summed E-state index contributed by atoms with van der Waals surface area (Å²) < 4.78 is 0. The molecule has 0 saturated carbocycles. The molecule has 3 aromatic rings. The Hall–Kier alpha value is -3.77. The largest absolute Gasteiger partial charge is 0.382 e. The Bertz CT molecular complexity index is 1090. The standard InChI is InChI=1S/C18H16ClN9/c1-10-11(7-20)3-2-4-13(10)18-25-16(15(19)17(21)26-18)14(27-22)9-23-8-12-5-6-24-28-12/h2-6,9H,8,22H2,1H3,(H,24,28)(H2,21,25,26). The fourth-order valence-electron chi connectivity index (χ4n) is 2.51. The van der Waals surface area contributed by atoms with Gasteiger partial charge in [0, 0.05) is 11.8 Å². The van der Waals surface area contributed by atoms with E-state index < -0.39 is 0 Å². The third-order valence-electron chi connectivity index (χ3n) is 3.99. The molecule has 2 aromatic heterocycles. The van der Waals surface area contributed by atoms with Gasteiger partial charge in [0.1, 0.15) is 22.2 Å². The normalized spacial score (nSPS) is 11.7. The zero-order valence-electron chi connectivity index (χ0n) is 14.9. The summed E-state index contributed by atoms with van der Waals surface area (Å²) in [6.07, 6.45) is 3.09. The van der Waals surface area contributed by atoms with Crippen LogP contribution in [0.1, 0.15) is 22.5 Å². The maximum absolute atomic E-state index is 9.25. The number of hydrogen-bond acceptors (Lipinski definition) is 8. The highest BCUT2D eigenvalue weighted by Gasteiger charge is 2.17. The quantitative estimate of drug-likeness (QED) is 0.343. The predicted molar refractivity (Wildman–Crippen MR) is 108 cm³/mol. The summed E-state index contributed by atoms with van der Waals surface area (Å²) >= 11 is 6.29. The van der Waals surface area contributed by atoms with Gasteiger partial charge >= 0.3 is 0 Å². The Balaban J connectivity index is 2.02. The molecule has 5 N–H and O–H groups in total. The van der Waals surface area contributed by atoms with Gasteiger partial charge in [-0.25, -0.2) is 9.97 Å². The van der Waals surface area contributed by atoms with Crippen molar-refractivity contribution in [1.82, 2.24) is 20.2 Å². The number of rotatable bonds is 5. The summed E-state index contributed by atoms with van der Waals surface area (Å²) in [4.78, 5) is 13.0. The van der Waals surface area contributed by atoms with Crippen LogP contribution in [-0.4, -0.2) is 32.1 Å². The van der Waals surface area contributed by atoms with E-state index in [2.05, 4.69) is 36.3 Å². The van der Waals surface area contributed by atoms with Gasteiger partial charge in [0.15, 0.2) is 5.82 Å². The number of hydrazone groups is 1. The van der Waals surface area contributed by atoms with Crippen LogP contribution < -0.4 is 11.6 Å². The summed E-state index contributed by atoms with van der Waals surface area (Å²) in [5.74, 6) is 5.91. The van der Waals surface area contributed by atoms with E-state index in [1.807, 2.05) is 6.92 Å². The molecule has 0 saturated heterocycles. The summed E-state index contributed by atoms with van der Waals surface area (Å²) in [6, 6.07) is 9.20. The van der Waals surface area contributed by atoms with Crippen molar-refractivity contribution >= 4 is 29.3 Å². The molecule has 3 rings (SSSR count). The molecule has 0 unspecified atom stereocenters. The number of nitriles is 1. The van der Waals surface area contributed by atoms with E-state index in [1.54, 1.807) is 30.5 Å². The van der Waals surface area contributed by atoms with Gasteiger partial charge in [0.2, 0.25) is 0 Å². The number of aliphatic imine (C=N–C) groups is 1. The van der Waals surface area contributed by atoms with Gasteiger partial charge < -0.3 is 11.6 Å². The van der Waals surface area contributed by atoms with Crippen LogP contribution in [0, 0.1) is 18.3 Å². The highest BCUT2D eigenvalue weighted by molar-refractivity contribution is 6.44. The molecule has 28 heavy (non-hydrogen) atoms. The summed E-state index contributed by atoms with van der Waals surface area (Å²) in [7, 11) is 0. The first-order valence-electron chi connectivity index (χ1n) is 8.14. The second-order valence-corrected chi connectivity index (χ2v) is 6.13. The Labute approximate surface area is 165 Å². The lowest BCUT2D eigenvalue weighted by Crippen LogP contribution is -2.13. The molecule has 2 heterocycles. The van der Waals surface area contributed by atoms with E-state index in [0.717, 1.165) is 11.3 Å². The third kappa shape index (κ3) is 3.82. The summed E-state index contributed by atoms with van der Waals surface area (Å²) in [5.41, 5.74) is 9.21. The van der Waals surface area contributed by atoms with Crippen molar-refractivity contribution in [3.63, 3.8) is 0 Å². The highest BCUT2D eigenvalue weighted by Crippen LogP contribution is 2.28. The smallest absolute Gasteiger partial charge is 0.162 e. The molecular weight excluding hydrogens is 378 g/mol. The van der Waals surface area contributed by atoms with Gasteiger partial charge in [0.25, 0.3) is 0 Å². The Kier molecular flexibility index (Phi) is 5.62. The number of nitrogens with one attached hydrogen (secondary N) is 1. The second-order valence-electron chi connectivity index (χ2n) is 5.75. The lowest BCUT2D eigenvalue weighted by molar-refractivity contribution is 0.951. The molecule has 0 aliphatic rings. The van der Waals surface area contributed by atoms with Crippen LogP contribution in [0.3, 0.4) is 0 Å². The van der Waals surface area contributed by atoms with Crippen molar-refractivity contribution in [1.29, 1.82) is 5.26 Å². The predicted octanol–water partition coefficient (Wildman–Crippen LogP) is 2.22. The Morgan fingerprint density at radius 3 is 2.86 bits per heavy atom. The molecule has 0 fully saturated rings. The Morgan fingerprint density at radius 2 is 2.18 bits per heavy atom. The third-order valence-corrected chi connectivity index (χ3v) is 4.36. The van der Waals surface area contributed by atoms with Crippen molar-refractivity contribution in [3.05, 3.63) is 58.0 Å². The van der Waals surface area contributed by atoms with Crippen molar-refractivity contribution in [2.24, 2.45) is 15.9 Å². The SMILES string of the molecule is Cc1c(C#N)cccc1-c1nc(N)c(Cl)c(C(C=NCc2ccn[nH]2)=NN)n1. The minimum atomic E-state index is 0.0755. The first kappa shape index (κ1) is 19.0. The number of anilines is 1. The number of halogens is 1. The molecular formula is C18H16ClN9. The number of benzene rings is 1. The highest BCUT2D eigenvalue weighted by atomic mass is 35.5. The number of H-pyrrole nitrogens is 1. The summed E-state index contributed by atoms with van der Waals surface area (Å²) in [5, 5.41) is 19.8. The molecule has 1 aromatic carbocycles. The number of aromatic amines is 1. The summed E-state index contributed by atoms with van der Waals surface area (Å²) in [6.45, 7) is 2.17. The lowest BCUT2D eigenvalue weighted by Gasteiger charge is -2.10. The number of nitrogens with two attached hydrogens (primary N) is 2. The first-order valence-corrected chi connectivity index (χ1v) is 8.52. The molecule has 140 valence electrons. The van der Waals surface area contributed by atoms with Gasteiger partial charge in [-0.15, -0.1) is 0 Å². The van der Waals surface area contributed by atoms with Crippen molar-refractivity contribution in [2.75, 3.05) is 5.73 Å². The van der Waals surface area contributed by atoms with Crippen LogP contribution in [0.15, 0.2) is 40.6 Å². The molecule has 0 atom stereocenters. The molecule has 0 aliphatic carbocycles. The molecule has 0 spiro atoms. The van der Waals surface area contributed by atoms with E-state index in [9.17, 15) is 5.26 Å². The first-order chi connectivity index (χ1) is 13.5. The van der Waals surface area contributed by atoms with Crippen LogP contribution in [0.5, 0.6) is 0 Å². The Morgan fingerprint density at radius 1 is 1.36 bits per heavy atom. The van der Waals surface area contributed by atoms with E-state index >= 15 is 0 Å². The fourth-order valence-corrected chi connectivity index (χ4v) is 2.69. The number of nitrogen functional groups attached to an aromatic ring is 1. The molecule has 0 amide bonds. The topological polar surface area (TPSA) is 155 Å². The van der Waals surface area contributed by atoms with Gasteiger partial charge in [-0.1, -0.05) is 23.7 Å². The van der Waals surface area contributed by atoms with E-state index in [4.69, 9.17) is 23.2 Å². The van der Waals surface area contributed by atoms with Gasteiger partial charge in [-0.3, -0.25) is 10.1 Å². The van der Waals surface area contributed by atoms with Gasteiger partial charge in [-0.05, 0) is 24.6 Å². The maximum atomic E-state index is 9.25. The molecule has 10 heteroatoms.